The van der Waals surface area contributed by atoms with Crippen LogP contribution in [-0.4, -0.2) is 12.2 Å². The van der Waals surface area contributed by atoms with Gasteiger partial charge in [0.15, 0.2) is 0 Å². The number of terminal acetylenes is 1. The fourth-order valence-corrected chi connectivity index (χ4v) is 1.02. The molecule has 1 heterocycles. The molecule has 1 heteroatoms. The molecule has 0 spiro atoms. The zero-order chi connectivity index (χ0) is 6.69. The van der Waals surface area contributed by atoms with Gasteiger partial charge in [0, 0.05) is 6.42 Å². The van der Waals surface area contributed by atoms with E-state index in [1.165, 1.54) is 0 Å². The Morgan fingerprint density at radius 1 is 1.56 bits per heavy atom. The van der Waals surface area contributed by atoms with Crippen molar-refractivity contribution in [3.05, 3.63) is 6.92 Å². The Labute approximate surface area is 56.4 Å². The Kier molecular flexibility index (Phi) is 2.13. The maximum Gasteiger partial charge on any atom is 0.0689 e. The molecule has 1 rings (SSSR count). The van der Waals surface area contributed by atoms with Crippen molar-refractivity contribution < 1.29 is 4.74 Å². The fourth-order valence-electron chi connectivity index (χ4n) is 1.02. The predicted octanol–water partition coefficient (Wildman–Crippen LogP) is 1.27. The van der Waals surface area contributed by atoms with E-state index in [1.54, 1.807) is 0 Å². The summed E-state index contributed by atoms with van der Waals surface area (Å²) in [5.41, 5.74) is 0. The van der Waals surface area contributed by atoms with E-state index in [1.807, 2.05) is 0 Å². The Hall–Kier alpha value is -0.480. The third kappa shape index (κ3) is 1.73. The minimum atomic E-state index is -0.0663. The summed E-state index contributed by atoms with van der Waals surface area (Å²) in [6, 6.07) is 0. The maximum atomic E-state index is 5.46. The first kappa shape index (κ1) is 6.64. The van der Waals surface area contributed by atoms with Gasteiger partial charge in [-0.15, -0.1) is 12.3 Å². The number of hydrogen-bond acceptors (Lipinski definition) is 1. The van der Waals surface area contributed by atoms with Crippen LogP contribution in [0.5, 0.6) is 0 Å². The molecule has 48 valence electrons. The fraction of sp³-hybridized carbons (Fsp3) is 0.625. The van der Waals surface area contributed by atoms with Gasteiger partial charge in [-0.25, -0.2) is 0 Å². The summed E-state index contributed by atoms with van der Waals surface area (Å²) in [7, 11) is 0. The summed E-state index contributed by atoms with van der Waals surface area (Å²) in [5.74, 6) is 2.55. The SMILES string of the molecule is [CH]C1CCC(CC#C)O1. The van der Waals surface area contributed by atoms with Crippen molar-refractivity contribution in [1.29, 1.82) is 0 Å². The predicted molar refractivity (Wildman–Crippen MR) is 35.6 cm³/mol. The second kappa shape index (κ2) is 2.89. The van der Waals surface area contributed by atoms with Crippen molar-refractivity contribution >= 4 is 0 Å². The summed E-state index contributed by atoms with van der Waals surface area (Å²) in [6.07, 6.45) is 7.92. The van der Waals surface area contributed by atoms with Gasteiger partial charge in [-0.3, -0.25) is 0 Å². The molecule has 2 atom stereocenters. The van der Waals surface area contributed by atoms with E-state index < -0.39 is 0 Å². The third-order valence-electron chi connectivity index (χ3n) is 1.49. The zero-order valence-electron chi connectivity index (χ0n) is 5.34. The zero-order valence-corrected chi connectivity index (χ0v) is 5.34. The summed E-state index contributed by atoms with van der Waals surface area (Å²) in [4.78, 5) is 0. The molecule has 1 aliphatic rings. The van der Waals surface area contributed by atoms with Crippen molar-refractivity contribution in [2.45, 2.75) is 31.5 Å². The van der Waals surface area contributed by atoms with Gasteiger partial charge in [-0.05, 0) is 19.8 Å². The largest absolute Gasteiger partial charge is 0.374 e. The first-order valence-electron chi connectivity index (χ1n) is 3.17. The molecule has 2 radical (unpaired) electrons. The standard InChI is InChI=1S/C8H10O/c1-3-4-8-6-5-7(2)9-8/h1-2,7-8H,4-6H2. The average Bonchev–Trinajstić information content (AvgIpc) is 2.17. The molecule has 1 fully saturated rings. The number of hydrogen-bond donors (Lipinski definition) is 0. The Morgan fingerprint density at radius 3 is 2.78 bits per heavy atom. The van der Waals surface area contributed by atoms with Gasteiger partial charge in [0.25, 0.3) is 0 Å². The lowest BCUT2D eigenvalue weighted by atomic mass is 10.2. The summed E-state index contributed by atoms with van der Waals surface area (Å²) in [5, 5.41) is 0. The lowest BCUT2D eigenvalue weighted by molar-refractivity contribution is 0.0732. The highest BCUT2D eigenvalue weighted by Crippen LogP contribution is 2.20. The summed E-state index contributed by atoms with van der Waals surface area (Å²) < 4.78 is 5.24. The third-order valence-corrected chi connectivity index (χ3v) is 1.49. The minimum Gasteiger partial charge on any atom is -0.374 e. The molecule has 0 amide bonds. The van der Waals surface area contributed by atoms with E-state index in [0.717, 1.165) is 12.8 Å². The van der Waals surface area contributed by atoms with Gasteiger partial charge >= 0.3 is 0 Å². The molecule has 0 N–H and O–H groups in total. The Balaban J connectivity index is 2.24. The molecule has 9 heavy (non-hydrogen) atoms. The molecule has 0 aromatic rings. The molecular weight excluding hydrogens is 112 g/mol. The first-order valence-corrected chi connectivity index (χ1v) is 3.17. The van der Waals surface area contributed by atoms with Gasteiger partial charge in [0.1, 0.15) is 0 Å². The van der Waals surface area contributed by atoms with Crippen LogP contribution in [0, 0.1) is 19.3 Å². The van der Waals surface area contributed by atoms with Crippen LogP contribution < -0.4 is 0 Å². The molecule has 0 aromatic heterocycles. The molecule has 0 aliphatic carbocycles. The van der Waals surface area contributed by atoms with Crippen LogP contribution >= 0.6 is 0 Å². The van der Waals surface area contributed by atoms with Crippen molar-refractivity contribution in [1.82, 2.24) is 0 Å². The summed E-state index contributed by atoms with van der Waals surface area (Å²) in [6.45, 7) is 5.46. The van der Waals surface area contributed by atoms with Crippen molar-refractivity contribution in [3.63, 3.8) is 0 Å². The topological polar surface area (TPSA) is 9.23 Å². The van der Waals surface area contributed by atoms with E-state index in [0.29, 0.717) is 6.42 Å². The van der Waals surface area contributed by atoms with Gasteiger partial charge in [-0.2, -0.15) is 0 Å². The van der Waals surface area contributed by atoms with Crippen LogP contribution in [-0.2, 0) is 4.74 Å². The van der Waals surface area contributed by atoms with Crippen molar-refractivity contribution in [2.75, 3.05) is 0 Å². The molecule has 1 aliphatic heterocycles. The molecular formula is C8H10O. The number of ether oxygens (including phenoxy) is 1. The molecule has 0 bridgehead atoms. The highest BCUT2D eigenvalue weighted by molar-refractivity contribution is 4.90. The normalized spacial score (nSPS) is 34.2. The lowest BCUT2D eigenvalue weighted by Crippen LogP contribution is -2.06. The van der Waals surface area contributed by atoms with Crippen LogP contribution in [0.15, 0.2) is 0 Å². The molecule has 0 saturated carbocycles. The molecule has 2 unspecified atom stereocenters. The van der Waals surface area contributed by atoms with Gasteiger partial charge in [0.05, 0.1) is 12.2 Å². The van der Waals surface area contributed by atoms with E-state index >= 15 is 0 Å². The van der Waals surface area contributed by atoms with E-state index in [-0.39, 0.29) is 12.2 Å². The quantitative estimate of drug-likeness (QED) is 0.476. The Morgan fingerprint density at radius 2 is 2.33 bits per heavy atom. The van der Waals surface area contributed by atoms with Crippen LogP contribution in [0.4, 0.5) is 0 Å². The van der Waals surface area contributed by atoms with Crippen LogP contribution in [0.25, 0.3) is 0 Å². The highest BCUT2D eigenvalue weighted by Gasteiger charge is 2.20. The van der Waals surface area contributed by atoms with Crippen LogP contribution in [0.2, 0.25) is 0 Å². The Bertz CT molecular complexity index is 123. The van der Waals surface area contributed by atoms with Crippen LogP contribution in [0.3, 0.4) is 0 Å². The smallest absolute Gasteiger partial charge is 0.0689 e. The first-order chi connectivity index (χ1) is 4.33. The van der Waals surface area contributed by atoms with Crippen molar-refractivity contribution in [3.8, 4) is 12.3 Å². The maximum absolute atomic E-state index is 5.46. The lowest BCUT2D eigenvalue weighted by Gasteiger charge is -2.05. The van der Waals surface area contributed by atoms with Crippen LogP contribution in [0.1, 0.15) is 19.3 Å². The minimum absolute atomic E-state index is 0.0663. The van der Waals surface area contributed by atoms with Gasteiger partial charge < -0.3 is 4.74 Å². The van der Waals surface area contributed by atoms with Crippen molar-refractivity contribution in [2.24, 2.45) is 0 Å². The van der Waals surface area contributed by atoms with E-state index in [4.69, 9.17) is 18.1 Å². The molecule has 1 saturated heterocycles. The second-order valence-electron chi connectivity index (χ2n) is 2.28. The average molecular weight is 122 g/mol. The molecule has 1 nitrogen and oxygen atoms in total. The van der Waals surface area contributed by atoms with E-state index in [9.17, 15) is 0 Å². The second-order valence-corrected chi connectivity index (χ2v) is 2.28. The highest BCUT2D eigenvalue weighted by atomic mass is 16.5. The van der Waals surface area contributed by atoms with Gasteiger partial charge in [-0.1, -0.05) is 0 Å². The number of rotatable bonds is 1. The van der Waals surface area contributed by atoms with E-state index in [2.05, 4.69) is 5.92 Å². The monoisotopic (exact) mass is 122 g/mol. The summed E-state index contributed by atoms with van der Waals surface area (Å²) >= 11 is 0. The molecule has 0 aromatic carbocycles. The van der Waals surface area contributed by atoms with Gasteiger partial charge in [0.2, 0.25) is 0 Å².